The first-order valence-electron chi connectivity index (χ1n) is 10.8. The van der Waals surface area contributed by atoms with E-state index in [4.69, 9.17) is 9.47 Å². The van der Waals surface area contributed by atoms with Crippen LogP contribution in [0.25, 0.3) is 0 Å². The van der Waals surface area contributed by atoms with Crippen molar-refractivity contribution < 1.29 is 28.9 Å². The molecule has 0 aromatic heterocycles. The number of likely N-dealkylation sites (N-methyl/N-ethyl adjacent to an activating group) is 1. The van der Waals surface area contributed by atoms with Gasteiger partial charge in [-0.05, 0) is 54.1 Å². The van der Waals surface area contributed by atoms with Crippen LogP contribution in [0.1, 0.15) is 15.9 Å². The first-order valence-corrected chi connectivity index (χ1v) is 10.8. The molecule has 3 aromatic rings. The molecule has 2 N–H and O–H groups in total. The lowest BCUT2D eigenvalue weighted by molar-refractivity contribution is -0.139. The molecule has 3 aromatic carbocycles. The van der Waals surface area contributed by atoms with Crippen molar-refractivity contribution >= 4 is 23.3 Å². The molecule has 1 amide bonds. The van der Waals surface area contributed by atoms with Crippen LogP contribution >= 0.6 is 0 Å². The molecule has 1 aliphatic rings. The van der Waals surface area contributed by atoms with Gasteiger partial charge in [0.1, 0.15) is 30.0 Å². The van der Waals surface area contributed by atoms with Crippen molar-refractivity contribution in [3.8, 4) is 17.2 Å². The molecule has 1 atom stereocenters. The minimum absolute atomic E-state index is 0.0395. The molecule has 8 heteroatoms. The van der Waals surface area contributed by atoms with Gasteiger partial charge in [-0.1, -0.05) is 18.2 Å². The Kier molecular flexibility index (Phi) is 6.87. The third-order valence-corrected chi connectivity index (χ3v) is 5.49. The van der Waals surface area contributed by atoms with Gasteiger partial charge < -0.3 is 29.5 Å². The maximum Gasteiger partial charge on any atom is 0.309 e. The Morgan fingerprint density at radius 3 is 2.65 bits per heavy atom. The number of rotatable bonds is 7. The summed E-state index contributed by atoms with van der Waals surface area (Å²) < 4.78 is 16.6. The van der Waals surface area contributed by atoms with Crippen molar-refractivity contribution in [2.45, 2.75) is 12.5 Å². The number of aromatic hydroxyl groups is 1. The molecule has 176 valence electrons. The molecule has 0 fully saturated rings. The lowest BCUT2D eigenvalue weighted by Gasteiger charge is -2.33. The number of carbonyl (C=O) groups is 2. The zero-order chi connectivity index (χ0) is 24.1. The summed E-state index contributed by atoms with van der Waals surface area (Å²) in [6, 6.07) is 19.1. The number of phenols is 1. The normalized spacial score (nSPS) is 14.5. The third-order valence-electron chi connectivity index (χ3n) is 5.49. The maximum atomic E-state index is 12.6. The van der Waals surface area contributed by atoms with Crippen molar-refractivity contribution in [1.29, 1.82) is 0 Å². The summed E-state index contributed by atoms with van der Waals surface area (Å²) in [5, 5.41) is 12.7. The minimum Gasteiger partial charge on any atom is -0.506 e. The number of phenolic OH excluding ortho intramolecular Hbond substituents is 1. The van der Waals surface area contributed by atoms with Crippen LogP contribution in [0, 0.1) is 0 Å². The Morgan fingerprint density at radius 2 is 1.88 bits per heavy atom. The fourth-order valence-electron chi connectivity index (χ4n) is 3.70. The van der Waals surface area contributed by atoms with E-state index in [1.54, 1.807) is 36.4 Å². The predicted molar refractivity (Wildman–Crippen MR) is 128 cm³/mol. The molecular weight excluding hydrogens is 436 g/mol. The van der Waals surface area contributed by atoms with E-state index in [0.717, 1.165) is 11.4 Å². The summed E-state index contributed by atoms with van der Waals surface area (Å²) in [5.41, 5.74) is 2.27. The summed E-state index contributed by atoms with van der Waals surface area (Å²) in [5.74, 6) is 0.542. The predicted octanol–water partition coefficient (Wildman–Crippen LogP) is 3.64. The largest absolute Gasteiger partial charge is 0.506 e. The summed E-state index contributed by atoms with van der Waals surface area (Å²) in [6.45, 7) is 1.07. The van der Waals surface area contributed by atoms with Crippen LogP contribution in [-0.4, -0.2) is 50.4 Å². The Balaban J connectivity index is 1.34. The van der Waals surface area contributed by atoms with Crippen molar-refractivity contribution in [2.75, 3.05) is 37.5 Å². The van der Waals surface area contributed by atoms with Gasteiger partial charge in [0.25, 0.3) is 5.91 Å². The van der Waals surface area contributed by atoms with E-state index in [-0.39, 0.29) is 24.0 Å². The Morgan fingerprint density at radius 1 is 1.12 bits per heavy atom. The molecule has 0 spiro atoms. The van der Waals surface area contributed by atoms with Gasteiger partial charge >= 0.3 is 5.97 Å². The number of para-hydroxylation sites is 2. The molecule has 1 aliphatic heterocycles. The monoisotopic (exact) mass is 462 g/mol. The van der Waals surface area contributed by atoms with Crippen LogP contribution in [0.2, 0.25) is 0 Å². The highest BCUT2D eigenvalue weighted by Gasteiger charge is 2.23. The number of ether oxygens (including phenoxy) is 3. The molecule has 0 radical (unpaired) electrons. The number of hydrogen-bond acceptors (Lipinski definition) is 7. The fourth-order valence-corrected chi connectivity index (χ4v) is 3.70. The second-order valence-corrected chi connectivity index (χ2v) is 7.98. The Bertz CT molecular complexity index is 1180. The molecule has 1 heterocycles. The molecule has 0 bridgehead atoms. The summed E-state index contributed by atoms with van der Waals surface area (Å²) >= 11 is 0. The Labute approximate surface area is 197 Å². The first kappa shape index (κ1) is 23.0. The van der Waals surface area contributed by atoms with Gasteiger partial charge in [0, 0.05) is 12.6 Å². The van der Waals surface area contributed by atoms with Crippen LogP contribution in [0.5, 0.6) is 17.2 Å². The molecule has 34 heavy (non-hydrogen) atoms. The lowest BCUT2D eigenvalue weighted by Crippen LogP contribution is -2.41. The van der Waals surface area contributed by atoms with Crippen LogP contribution in [0.15, 0.2) is 66.7 Å². The van der Waals surface area contributed by atoms with Gasteiger partial charge in [0.2, 0.25) is 0 Å². The van der Waals surface area contributed by atoms with Crippen LogP contribution in [0.4, 0.5) is 11.4 Å². The van der Waals surface area contributed by atoms with E-state index >= 15 is 0 Å². The number of benzene rings is 3. The molecule has 8 nitrogen and oxygen atoms in total. The number of amides is 1. The number of nitrogens with zero attached hydrogens (tertiary/aromatic N) is 1. The Hall–Kier alpha value is -4.20. The van der Waals surface area contributed by atoms with E-state index in [1.807, 2.05) is 31.3 Å². The number of methoxy groups -OCH3 is 1. The molecule has 0 aliphatic carbocycles. The van der Waals surface area contributed by atoms with Gasteiger partial charge in [-0.25, -0.2) is 0 Å². The summed E-state index contributed by atoms with van der Waals surface area (Å²) in [6.07, 6.45) is -0.0827. The van der Waals surface area contributed by atoms with Crippen LogP contribution in [0.3, 0.4) is 0 Å². The summed E-state index contributed by atoms with van der Waals surface area (Å²) in [4.78, 5) is 26.3. The quantitative estimate of drug-likeness (QED) is 0.409. The van der Waals surface area contributed by atoms with Gasteiger partial charge in [0.05, 0.1) is 31.5 Å². The molecule has 4 rings (SSSR count). The zero-order valence-electron chi connectivity index (χ0n) is 19.0. The fraction of sp³-hybridized carbons (Fsp3) is 0.231. The molecule has 0 unspecified atom stereocenters. The highest BCUT2D eigenvalue weighted by molar-refractivity contribution is 6.05. The third kappa shape index (κ3) is 5.40. The van der Waals surface area contributed by atoms with Crippen molar-refractivity contribution in [3.05, 3.63) is 77.9 Å². The SMILES string of the molecule is COC(=O)Cc1ccc(O)c(NC(=O)c2ccc(OC[C@@H]3CN(C)c4ccccc4O3)cc2)c1. The van der Waals surface area contributed by atoms with Gasteiger partial charge in [-0.2, -0.15) is 0 Å². The number of carbonyl (C=O) groups excluding carboxylic acids is 2. The van der Waals surface area contributed by atoms with Gasteiger partial charge in [-0.3, -0.25) is 9.59 Å². The van der Waals surface area contributed by atoms with Crippen molar-refractivity contribution in [1.82, 2.24) is 0 Å². The average molecular weight is 463 g/mol. The van der Waals surface area contributed by atoms with E-state index < -0.39 is 11.9 Å². The standard InChI is InChI=1S/C26H26N2O6/c1-28-15-20(34-24-6-4-3-5-22(24)28)16-33-19-10-8-18(9-11-19)26(31)27-21-13-17(7-12-23(21)29)14-25(30)32-2/h3-13,20,29H,14-16H2,1-2H3,(H,27,31)/t20-/m0/s1. The second-order valence-electron chi connectivity index (χ2n) is 7.98. The molecule has 0 saturated carbocycles. The smallest absolute Gasteiger partial charge is 0.309 e. The molecule has 0 saturated heterocycles. The summed E-state index contributed by atoms with van der Waals surface area (Å²) in [7, 11) is 3.32. The van der Waals surface area contributed by atoms with E-state index in [2.05, 4.69) is 15.0 Å². The van der Waals surface area contributed by atoms with Crippen LogP contribution < -0.4 is 19.7 Å². The number of anilines is 2. The lowest BCUT2D eigenvalue weighted by atomic mass is 10.1. The highest BCUT2D eigenvalue weighted by Crippen LogP contribution is 2.32. The van der Waals surface area contributed by atoms with Gasteiger partial charge in [-0.15, -0.1) is 0 Å². The zero-order valence-corrected chi connectivity index (χ0v) is 19.0. The van der Waals surface area contributed by atoms with Crippen molar-refractivity contribution in [3.63, 3.8) is 0 Å². The first-order chi connectivity index (χ1) is 16.4. The number of hydrogen-bond donors (Lipinski definition) is 2. The topological polar surface area (TPSA) is 97.3 Å². The number of nitrogens with one attached hydrogen (secondary N) is 1. The van der Waals surface area contributed by atoms with Gasteiger partial charge in [0.15, 0.2) is 0 Å². The second kappa shape index (κ2) is 10.2. The van der Waals surface area contributed by atoms with Crippen LogP contribution in [-0.2, 0) is 16.0 Å². The number of fused-ring (bicyclic) bond motifs is 1. The van der Waals surface area contributed by atoms with E-state index in [0.29, 0.717) is 30.0 Å². The minimum atomic E-state index is -0.409. The molecular formula is C26H26N2O6. The van der Waals surface area contributed by atoms with Crippen molar-refractivity contribution in [2.24, 2.45) is 0 Å². The average Bonchev–Trinajstić information content (AvgIpc) is 2.85. The maximum absolute atomic E-state index is 12.6. The van der Waals surface area contributed by atoms with E-state index in [9.17, 15) is 14.7 Å². The van der Waals surface area contributed by atoms with E-state index in [1.165, 1.54) is 13.2 Å². The highest BCUT2D eigenvalue weighted by atomic mass is 16.5. The number of esters is 1.